The molecular formula is C19H18N2O+. The Morgan fingerprint density at radius 3 is 2.14 bits per heavy atom. The SMILES string of the molecule is CN1C(CCC=O)=[N+]C(c2ccccc2)=C1c1ccccc1. The number of benzene rings is 2. The molecule has 0 fully saturated rings. The Kier molecular flexibility index (Phi) is 4.15. The number of hydrogen-bond acceptors (Lipinski definition) is 3. The summed E-state index contributed by atoms with van der Waals surface area (Å²) in [6, 6.07) is 20.4. The molecule has 2 aromatic rings. The van der Waals surface area contributed by atoms with Crippen molar-refractivity contribution in [2.45, 2.75) is 12.8 Å². The summed E-state index contributed by atoms with van der Waals surface area (Å²) in [6.45, 7) is 0. The van der Waals surface area contributed by atoms with E-state index in [0.717, 1.165) is 34.6 Å². The van der Waals surface area contributed by atoms with Crippen molar-refractivity contribution < 1.29 is 4.79 Å². The van der Waals surface area contributed by atoms with Crippen molar-refractivity contribution in [3.05, 3.63) is 71.8 Å². The number of nitrogens with zero attached hydrogens (tertiary/aromatic N) is 2. The first kappa shape index (κ1) is 14.3. The van der Waals surface area contributed by atoms with Crippen LogP contribution >= 0.6 is 0 Å². The van der Waals surface area contributed by atoms with Gasteiger partial charge < -0.3 is 4.79 Å². The highest BCUT2D eigenvalue weighted by Gasteiger charge is 2.35. The topological polar surface area (TPSA) is 34.4 Å². The van der Waals surface area contributed by atoms with Crippen LogP contribution in [0.4, 0.5) is 0 Å². The lowest BCUT2D eigenvalue weighted by Gasteiger charge is -2.10. The average Bonchev–Trinajstić information content (AvgIpc) is 2.91. The van der Waals surface area contributed by atoms with Crippen molar-refractivity contribution in [3.63, 3.8) is 0 Å². The number of amidine groups is 1. The number of aldehydes is 1. The van der Waals surface area contributed by atoms with E-state index in [1.54, 1.807) is 0 Å². The van der Waals surface area contributed by atoms with E-state index in [0.29, 0.717) is 12.8 Å². The van der Waals surface area contributed by atoms with Gasteiger partial charge in [-0.2, -0.15) is 0 Å². The van der Waals surface area contributed by atoms with Crippen LogP contribution < -0.4 is 4.99 Å². The molecule has 22 heavy (non-hydrogen) atoms. The molecule has 1 radical (unpaired) electrons. The quantitative estimate of drug-likeness (QED) is 0.793. The molecule has 1 aliphatic heterocycles. The van der Waals surface area contributed by atoms with Crippen molar-refractivity contribution in [2.75, 3.05) is 7.05 Å². The van der Waals surface area contributed by atoms with Crippen LogP contribution in [0.2, 0.25) is 0 Å². The molecule has 0 aromatic heterocycles. The number of carbonyl (C=O) groups excluding carboxylic acids is 1. The number of aliphatic imine (C=N–C) groups is 1. The van der Waals surface area contributed by atoms with Gasteiger partial charge in [0.25, 0.3) is 5.84 Å². The van der Waals surface area contributed by atoms with Crippen molar-refractivity contribution in [3.8, 4) is 0 Å². The first-order chi connectivity index (χ1) is 10.8. The lowest BCUT2D eigenvalue weighted by Crippen LogP contribution is -2.23. The maximum absolute atomic E-state index is 10.7. The highest BCUT2D eigenvalue weighted by atomic mass is 16.1. The third-order valence-corrected chi connectivity index (χ3v) is 3.77. The zero-order valence-electron chi connectivity index (χ0n) is 12.6. The highest BCUT2D eigenvalue weighted by molar-refractivity contribution is 6.06. The van der Waals surface area contributed by atoms with E-state index in [2.05, 4.69) is 29.2 Å². The standard InChI is InChI=1S/C19H18N2O/c1-21-17(13-8-14-22)20-18(15-9-4-2-5-10-15)19(21)16-11-6-3-7-12-16/h2-7,9-12,14H,8,13H2,1H3/q+1. The summed E-state index contributed by atoms with van der Waals surface area (Å²) in [5, 5.41) is 0. The second kappa shape index (κ2) is 6.39. The van der Waals surface area contributed by atoms with Crippen molar-refractivity contribution in [1.82, 2.24) is 9.89 Å². The van der Waals surface area contributed by atoms with E-state index in [4.69, 9.17) is 4.99 Å². The van der Waals surface area contributed by atoms with Gasteiger partial charge in [0.2, 0.25) is 5.70 Å². The van der Waals surface area contributed by atoms with Gasteiger partial charge in [0.1, 0.15) is 6.29 Å². The maximum Gasteiger partial charge on any atom is 0.300 e. The Morgan fingerprint density at radius 2 is 1.55 bits per heavy atom. The first-order valence-electron chi connectivity index (χ1n) is 7.41. The van der Waals surface area contributed by atoms with Crippen LogP contribution in [0.3, 0.4) is 0 Å². The minimum Gasteiger partial charge on any atom is -0.303 e. The number of carbonyl (C=O) groups is 1. The molecule has 1 heterocycles. The normalized spacial score (nSPS) is 14.2. The van der Waals surface area contributed by atoms with Gasteiger partial charge in [0.15, 0.2) is 5.70 Å². The lowest BCUT2D eigenvalue weighted by molar-refractivity contribution is -0.107. The van der Waals surface area contributed by atoms with Crippen LogP contribution in [-0.4, -0.2) is 24.1 Å². The van der Waals surface area contributed by atoms with Gasteiger partial charge in [-0.1, -0.05) is 60.7 Å². The molecule has 0 N–H and O–H groups in total. The van der Waals surface area contributed by atoms with Gasteiger partial charge in [-0.05, 0) is 4.99 Å². The molecule has 3 nitrogen and oxygen atoms in total. The third-order valence-electron chi connectivity index (χ3n) is 3.77. The summed E-state index contributed by atoms with van der Waals surface area (Å²) in [4.78, 5) is 17.6. The fraction of sp³-hybridized carbons (Fsp3) is 0.158. The van der Waals surface area contributed by atoms with E-state index in [1.165, 1.54) is 0 Å². The molecule has 0 amide bonds. The molecule has 109 valence electrons. The van der Waals surface area contributed by atoms with Gasteiger partial charge >= 0.3 is 0 Å². The second-order valence-electron chi connectivity index (χ2n) is 5.22. The van der Waals surface area contributed by atoms with Crippen molar-refractivity contribution in [2.24, 2.45) is 0 Å². The summed E-state index contributed by atoms with van der Waals surface area (Å²) >= 11 is 0. The van der Waals surface area contributed by atoms with E-state index in [9.17, 15) is 4.79 Å². The van der Waals surface area contributed by atoms with Crippen LogP contribution in [-0.2, 0) is 4.79 Å². The molecule has 2 aromatic carbocycles. The first-order valence-corrected chi connectivity index (χ1v) is 7.41. The van der Waals surface area contributed by atoms with Gasteiger partial charge in [0, 0.05) is 17.5 Å². The molecule has 0 aliphatic carbocycles. The van der Waals surface area contributed by atoms with Crippen LogP contribution in [0.1, 0.15) is 24.0 Å². The van der Waals surface area contributed by atoms with E-state index in [1.807, 2.05) is 43.4 Å². The Morgan fingerprint density at radius 1 is 0.955 bits per heavy atom. The van der Waals surface area contributed by atoms with E-state index in [-0.39, 0.29) is 0 Å². The fourth-order valence-electron chi connectivity index (χ4n) is 2.68. The van der Waals surface area contributed by atoms with Crippen molar-refractivity contribution >= 4 is 23.5 Å². The zero-order valence-corrected chi connectivity index (χ0v) is 12.6. The molecule has 0 bridgehead atoms. The summed E-state index contributed by atoms with van der Waals surface area (Å²) in [5.41, 5.74) is 4.28. The largest absolute Gasteiger partial charge is 0.303 e. The summed E-state index contributed by atoms with van der Waals surface area (Å²) in [5.74, 6) is 0.935. The summed E-state index contributed by atoms with van der Waals surface area (Å²) in [6.07, 6.45) is 2.10. The minimum atomic E-state index is 0.493. The van der Waals surface area contributed by atoms with Gasteiger partial charge in [-0.15, -0.1) is 0 Å². The molecule has 0 unspecified atom stereocenters. The Labute approximate surface area is 130 Å². The van der Waals surface area contributed by atoms with Crippen molar-refractivity contribution in [1.29, 1.82) is 0 Å². The Bertz CT molecular complexity index is 718. The Hall–Kier alpha value is -2.68. The average molecular weight is 290 g/mol. The Balaban J connectivity index is 2.08. The molecule has 3 rings (SSSR count). The molecule has 0 atom stereocenters. The highest BCUT2D eigenvalue weighted by Crippen LogP contribution is 2.31. The minimum absolute atomic E-state index is 0.493. The second-order valence-corrected chi connectivity index (χ2v) is 5.22. The van der Waals surface area contributed by atoms with Gasteiger partial charge in [-0.3, -0.25) is 0 Å². The predicted molar refractivity (Wildman–Crippen MR) is 89.9 cm³/mol. The van der Waals surface area contributed by atoms with Crippen LogP contribution in [0, 0.1) is 0 Å². The molecule has 3 heteroatoms. The lowest BCUT2D eigenvalue weighted by atomic mass is 10.1. The molecule has 0 spiro atoms. The zero-order chi connectivity index (χ0) is 15.4. The smallest absolute Gasteiger partial charge is 0.300 e. The maximum atomic E-state index is 10.7. The fourth-order valence-corrected chi connectivity index (χ4v) is 2.68. The monoisotopic (exact) mass is 290 g/mol. The number of hydrogen-bond donors (Lipinski definition) is 0. The predicted octanol–water partition coefficient (Wildman–Crippen LogP) is 3.17. The van der Waals surface area contributed by atoms with Crippen LogP contribution in [0.25, 0.3) is 11.4 Å². The van der Waals surface area contributed by atoms with E-state index >= 15 is 0 Å². The molecule has 1 aliphatic rings. The molecular weight excluding hydrogens is 272 g/mol. The number of rotatable bonds is 5. The van der Waals surface area contributed by atoms with Crippen LogP contribution in [0.5, 0.6) is 0 Å². The van der Waals surface area contributed by atoms with E-state index < -0.39 is 0 Å². The van der Waals surface area contributed by atoms with Gasteiger partial charge in [-0.25, -0.2) is 4.90 Å². The van der Waals surface area contributed by atoms with Crippen LogP contribution in [0.15, 0.2) is 60.7 Å². The summed E-state index contributed by atoms with van der Waals surface area (Å²) in [7, 11) is 2.02. The molecule has 0 saturated carbocycles. The summed E-state index contributed by atoms with van der Waals surface area (Å²) < 4.78 is 0. The third kappa shape index (κ3) is 2.70. The van der Waals surface area contributed by atoms with Gasteiger partial charge in [0.05, 0.1) is 13.5 Å². The molecule has 0 saturated heterocycles.